The first kappa shape index (κ1) is 18.9. The number of hydrogen-bond acceptors (Lipinski definition) is 4. The number of carbonyl (C=O) groups is 1. The van der Waals surface area contributed by atoms with Gasteiger partial charge in [0, 0.05) is 6.54 Å². The molecule has 0 spiro atoms. The number of sulfonamides is 1. The molecule has 0 atom stereocenters. The average Bonchev–Trinajstić information content (AvgIpc) is 2.59. The monoisotopic (exact) mass is 359 g/mol. The molecule has 0 radical (unpaired) electrons. The van der Waals surface area contributed by atoms with Gasteiger partial charge < -0.3 is 4.74 Å². The van der Waals surface area contributed by atoms with Crippen LogP contribution in [0.3, 0.4) is 0 Å². The molecule has 1 N–H and O–H groups in total. The van der Waals surface area contributed by atoms with Crippen molar-refractivity contribution in [3.63, 3.8) is 0 Å². The van der Waals surface area contributed by atoms with Gasteiger partial charge in [0.25, 0.3) is 0 Å². The Bertz CT molecular complexity index is 858. The van der Waals surface area contributed by atoms with Crippen LogP contribution in [0.1, 0.15) is 28.4 Å². The summed E-state index contributed by atoms with van der Waals surface area (Å²) in [6, 6.07) is 14.1. The normalized spacial score (nSPS) is 11.6. The van der Waals surface area contributed by atoms with Crippen LogP contribution in [0.4, 0.5) is 0 Å². The highest BCUT2D eigenvalue weighted by Crippen LogP contribution is 2.16. The lowest BCUT2D eigenvalue weighted by atomic mass is 10.1. The van der Waals surface area contributed by atoms with E-state index in [-0.39, 0.29) is 23.6 Å². The Morgan fingerprint density at radius 1 is 1.16 bits per heavy atom. The molecular weight excluding hydrogens is 338 g/mol. The van der Waals surface area contributed by atoms with Gasteiger partial charge in [-0.3, -0.25) is 0 Å². The molecule has 25 heavy (non-hydrogen) atoms. The molecule has 0 aliphatic rings. The van der Waals surface area contributed by atoms with Gasteiger partial charge in [-0.2, -0.15) is 0 Å². The van der Waals surface area contributed by atoms with Gasteiger partial charge >= 0.3 is 5.97 Å². The molecule has 0 bridgehead atoms. The molecule has 2 rings (SSSR count). The van der Waals surface area contributed by atoms with E-state index < -0.39 is 16.0 Å². The third-order valence-electron chi connectivity index (χ3n) is 3.49. The number of rotatable bonds is 7. The average molecular weight is 359 g/mol. The molecule has 0 aromatic heterocycles. The summed E-state index contributed by atoms with van der Waals surface area (Å²) in [5.41, 5.74) is 1.91. The topological polar surface area (TPSA) is 72.5 Å². The molecule has 0 aliphatic carbocycles. The van der Waals surface area contributed by atoms with Gasteiger partial charge in [-0.25, -0.2) is 17.9 Å². The zero-order valence-corrected chi connectivity index (χ0v) is 15.0. The molecule has 0 amide bonds. The van der Waals surface area contributed by atoms with Crippen LogP contribution in [0, 0.1) is 6.92 Å². The molecule has 2 aromatic rings. The van der Waals surface area contributed by atoms with E-state index >= 15 is 0 Å². The molecule has 6 heteroatoms. The summed E-state index contributed by atoms with van der Waals surface area (Å²) in [6.07, 6.45) is 3.59. The second-order valence-electron chi connectivity index (χ2n) is 5.39. The number of aryl methyl sites for hydroxylation is 1. The molecule has 0 saturated carbocycles. The number of esters is 1. The smallest absolute Gasteiger partial charge is 0.338 e. The number of hydrogen-bond donors (Lipinski definition) is 1. The second-order valence-corrected chi connectivity index (χ2v) is 7.16. The molecule has 0 saturated heterocycles. The highest BCUT2D eigenvalue weighted by molar-refractivity contribution is 7.89. The number of carbonyl (C=O) groups excluding carboxylic acids is 1. The Balaban J connectivity index is 2.07. The minimum Gasteiger partial charge on any atom is -0.458 e. The van der Waals surface area contributed by atoms with Crippen molar-refractivity contribution >= 4 is 22.1 Å². The first-order valence-corrected chi connectivity index (χ1v) is 9.41. The highest BCUT2D eigenvalue weighted by Gasteiger charge is 2.17. The standard InChI is InChI=1S/C19H21NO4S/c1-3-20-25(22,23)17-12-11-15(2)18(14-17)19(21)24-13-7-10-16-8-5-4-6-9-16/h4-12,14,20H,3,13H2,1-2H3/b10-7+. The first-order chi connectivity index (χ1) is 11.9. The summed E-state index contributed by atoms with van der Waals surface area (Å²) in [5, 5.41) is 0. The van der Waals surface area contributed by atoms with E-state index in [0.717, 1.165) is 5.56 Å². The summed E-state index contributed by atoms with van der Waals surface area (Å²) in [5.74, 6) is -0.552. The predicted molar refractivity (Wildman–Crippen MR) is 97.8 cm³/mol. The Kier molecular flexibility index (Phi) is 6.50. The van der Waals surface area contributed by atoms with Gasteiger partial charge in [0.15, 0.2) is 0 Å². The largest absolute Gasteiger partial charge is 0.458 e. The van der Waals surface area contributed by atoms with Crippen LogP contribution in [-0.2, 0) is 14.8 Å². The lowest BCUT2D eigenvalue weighted by Crippen LogP contribution is -2.23. The third-order valence-corrected chi connectivity index (χ3v) is 5.04. The summed E-state index contributed by atoms with van der Waals surface area (Å²) in [4.78, 5) is 12.3. The molecule has 5 nitrogen and oxygen atoms in total. The summed E-state index contributed by atoms with van der Waals surface area (Å²) in [6.45, 7) is 3.82. The zero-order valence-electron chi connectivity index (χ0n) is 14.2. The second kappa shape index (κ2) is 8.60. The van der Waals surface area contributed by atoms with Crippen LogP contribution in [0.2, 0.25) is 0 Å². The fourth-order valence-electron chi connectivity index (χ4n) is 2.21. The molecule has 0 aliphatic heterocycles. The van der Waals surface area contributed by atoms with Crippen LogP contribution in [0.25, 0.3) is 6.08 Å². The zero-order chi connectivity index (χ0) is 18.3. The summed E-state index contributed by atoms with van der Waals surface area (Å²) < 4.78 is 31.7. The van der Waals surface area contributed by atoms with Gasteiger partial charge in [-0.1, -0.05) is 49.4 Å². The molecular formula is C19H21NO4S. The van der Waals surface area contributed by atoms with E-state index in [9.17, 15) is 13.2 Å². The van der Waals surface area contributed by atoms with Crippen LogP contribution in [0.15, 0.2) is 59.5 Å². The van der Waals surface area contributed by atoms with Crippen LogP contribution in [0.5, 0.6) is 0 Å². The lowest BCUT2D eigenvalue weighted by Gasteiger charge is -2.09. The Morgan fingerprint density at radius 2 is 1.88 bits per heavy atom. The third kappa shape index (κ3) is 5.27. The molecule has 132 valence electrons. The van der Waals surface area contributed by atoms with Crippen LogP contribution >= 0.6 is 0 Å². The Hall–Kier alpha value is -2.44. The first-order valence-electron chi connectivity index (χ1n) is 7.93. The highest BCUT2D eigenvalue weighted by atomic mass is 32.2. The van der Waals surface area contributed by atoms with Crippen molar-refractivity contribution in [2.24, 2.45) is 0 Å². The maximum Gasteiger partial charge on any atom is 0.338 e. The SMILES string of the molecule is CCNS(=O)(=O)c1ccc(C)c(C(=O)OC/C=C/c2ccccc2)c1. The molecule has 0 unspecified atom stereocenters. The van der Waals surface area contributed by atoms with E-state index in [4.69, 9.17) is 4.74 Å². The maximum atomic E-state index is 12.2. The maximum absolute atomic E-state index is 12.2. The van der Waals surface area contributed by atoms with Gasteiger partial charge in [0.2, 0.25) is 10.0 Å². The Labute approximate surface area is 148 Å². The van der Waals surface area contributed by atoms with Crippen molar-refractivity contribution in [1.82, 2.24) is 4.72 Å². The molecule has 0 heterocycles. The van der Waals surface area contributed by atoms with E-state index in [1.54, 1.807) is 26.0 Å². The van der Waals surface area contributed by atoms with Crippen LogP contribution < -0.4 is 4.72 Å². The quantitative estimate of drug-likeness (QED) is 0.771. The number of nitrogens with one attached hydrogen (secondary N) is 1. The van der Waals surface area contributed by atoms with Gasteiger partial charge in [-0.15, -0.1) is 0 Å². The predicted octanol–water partition coefficient (Wildman–Crippen LogP) is 3.16. The number of ether oxygens (including phenoxy) is 1. The van der Waals surface area contributed by atoms with Gasteiger partial charge in [0.05, 0.1) is 10.5 Å². The van der Waals surface area contributed by atoms with E-state index in [0.29, 0.717) is 5.56 Å². The minimum atomic E-state index is -3.62. The summed E-state index contributed by atoms with van der Waals surface area (Å²) in [7, 11) is -3.62. The van der Waals surface area contributed by atoms with Gasteiger partial charge in [0.1, 0.15) is 6.61 Å². The van der Waals surface area contributed by atoms with Crippen molar-refractivity contribution < 1.29 is 17.9 Å². The minimum absolute atomic E-state index is 0.0479. The van der Waals surface area contributed by atoms with Crippen molar-refractivity contribution in [1.29, 1.82) is 0 Å². The van der Waals surface area contributed by atoms with Crippen molar-refractivity contribution in [2.45, 2.75) is 18.7 Å². The van der Waals surface area contributed by atoms with Crippen molar-refractivity contribution in [2.75, 3.05) is 13.2 Å². The van der Waals surface area contributed by atoms with Crippen LogP contribution in [-0.4, -0.2) is 27.5 Å². The molecule has 2 aromatic carbocycles. The summed E-state index contributed by atoms with van der Waals surface area (Å²) >= 11 is 0. The van der Waals surface area contributed by atoms with Crippen molar-refractivity contribution in [3.05, 3.63) is 71.3 Å². The van der Waals surface area contributed by atoms with E-state index in [2.05, 4.69) is 4.72 Å². The fourth-order valence-corrected chi connectivity index (χ4v) is 3.28. The fraction of sp³-hybridized carbons (Fsp3) is 0.211. The van der Waals surface area contributed by atoms with Gasteiger partial charge in [-0.05, 0) is 36.3 Å². The molecule has 0 fully saturated rings. The van der Waals surface area contributed by atoms with E-state index in [1.165, 1.54) is 12.1 Å². The lowest BCUT2D eigenvalue weighted by molar-refractivity contribution is 0.0549. The van der Waals surface area contributed by atoms with E-state index in [1.807, 2.05) is 36.4 Å². The Morgan fingerprint density at radius 3 is 2.56 bits per heavy atom. The van der Waals surface area contributed by atoms with Crippen molar-refractivity contribution in [3.8, 4) is 0 Å². The number of benzene rings is 2.